The van der Waals surface area contributed by atoms with Crippen molar-refractivity contribution < 1.29 is 14.3 Å². The lowest BCUT2D eigenvalue weighted by Gasteiger charge is -2.34. The van der Waals surface area contributed by atoms with Gasteiger partial charge in [0.05, 0.1) is 12.8 Å². The molecule has 0 spiro atoms. The van der Waals surface area contributed by atoms with Gasteiger partial charge in [-0.25, -0.2) is 0 Å². The Hall–Kier alpha value is -2.08. The molecule has 1 fully saturated rings. The topological polar surface area (TPSA) is 61.9 Å². The first-order valence-corrected chi connectivity index (χ1v) is 7.83. The molecule has 23 heavy (non-hydrogen) atoms. The number of hydrogen-bond donors (Lipinski definition) is 1. The third-order valence-electron chi connectivity index (χ3n) is 4.35. The van der Waals surface area contributed by atoms with Crippen LogP contribution in [0.2, 0.25) is 0 Å². The van der Waals surface area contributed by atoms with Gasteiger partial charge in [-0.2, -0.15) is 0 Å². The van der Waals surface area contributed by atoms with Crippen molar-refractivity contribution >= 4 is 17.5 Å². The lowest BCUT2D eigenvalue weighted by atomic mass is 10.0. The molecule has 1 N–H and O–H groups in total. The highest BCUT2D eigenvalue weighted by atomic mass is 16.5. The molecule has 126 valence electrons. The smallest absolute Gasteiger partial charge is 0.314 e. The number of nitrogens with zero attached hydrogens (tertiary/aromatic N) is 2. The molecule has 1 saturated heterocycles. The van der Waals surface area contributed by atoms with E-state index in [9.17, 15) is 9.59 Å². The first-order valence-electron chi connectivity index (χ1n) is 7.83. The number of aryl methyl sites for hydroxylation is 1. The second kappa shape index (κ2) is 7.46. The van der Waals surface area contributed by atoms with Crippen molar-refractivity contribution in [3.63, 3.8) is 0 Å². The Morgan fingerprint density at radius 3 is 2.57 bits per heavy atom. The molecule has 0 unspecified atom stereocenters. The monoisotopic (exact) mass is 319 g/mol. The van der Waals surface area contributed by atoms with E-state index in [2.05, 4.69) is 17.3 Å². The molecule has 1 aliphatic heterocycles. The maximum atomic E-state index is 12.4. The number of piperidine rings is 1. The number of carbonyl (C=O) groups excluding carboxylic acids is 2. The van der Waals surface area contributed by atoms with E-state index < -0.39 is 11.8 Å². The predicted molar refractivity (Wildman–Crippen MR) is 89.6 cm³/mol. The molecule has 2 amide bonds. The number of ether oxygens (including phenoxy) is 1. The summed E-state index contributed by atoms with van der Waals surface area (Å²) >= 11 is 0. The zero-order chi connectivity index (χ0) is 17.0. The van der Waals surface area contributed by atoms with Gasteiger partial charge in [0.2, 0.25) is 0 Å². The van der Waals surface area contributed by atoms with Crippen LogP contribution in [0.5, 0.6) is 5.75 Å². The first-order chi connectivity index (χ1) is 10.9. The highest BCUT2D eigenvalue weighted by Crippen LogP contribution is 2.25. The Balaban J connectivity index is 2.02. The molecule has 0 atom stereocenters. The minimum Gasteiger partial charge on any atom is -0.495 e. The number of rotatable bonds is 3. The van der Waals surface area contributed by atoms with Gasteiger partial charge in [-0.1, -0.05) is 6.07 Å². The van der Waals surface area contributed by atoms with Crippen LogP contribution in [-0.2, 0) is 9.59 Å². The Labute approximate surface area is 137 Å². The van der Waals surface area contributed by atoms with Gasteiger partial charge in [0.1, 0.15) is 5.75 Å². The summed E-state index contributed by atoms with van der Waals surface area (Å²) in [5.41, 5.74) is 1.50. The number of likely N-dealkylation sites (N-methyl/N-ethyl adjacent to an activating group) is 1. The molecular weight excluding hydrogens is 294 g/mol. The lowest BCUT2D eigenvalue weighted by molar-refractivity contribution is -0.144. The zero-order valence-electron chi connectivity index (χ0n) is 14.3. The number of carbonyl (C=O) groups is 2. The summed E-state index contributed by atoms with van der Waals surface area (Å²) in [6.45, 7) is 3.80. The Morgan fingerprint density at radius 1 is 1.30 bits per heavy atom. The van der Waals surface area contributed by atoms with Crippen LogP contribution < -0.4 is 10.1 Å². The molecule has 2 rings (SSSR count). The fourth-order valence-corrected chi connectivity index (χ4v) is 2.80. The van der Waals surface area contributed by atoms with E-state index >= 15 is 0 Å². The average molecular weight is 319 g/mol. The molecule has 0 radical (unpaired) electrons. The molecule has 0 bridgehead atoms. The largest absolute Gasteiger partial charge is 0.495 e. The van der Waals surface area contributed by atoms with Gasteiger partial charge < -0.3 is 19.9 Å². The van der Waals surface area contributed by atoms with Crippen molar-refractivity contribution in [2.45, 2.75) is 25.8 Å². The molecule has 0 saturated carbocycles. The van der Waals surface area contributed by atoms with Crippen LogP contribution in [0.25, 0.3) is 0 Å². The summed E-state index contributed by atoms with van der Waals surface area (Å²) in [6.07, 6.45) is 1.78. The zero-order valence-corrected chi connectivity index (χ0v) is 14.3. The fourth-order valence-electron chi connectivity index (χ4n) is 2.80. The number of benzene rings is 1. The Morgan fingerprint density at radius 2 is 1.96 bits per heavy atom. The van der Waals surface area contributed by atoms with Gasteiger partial charge >= 0.3 is 11.8 Å². The summed E-state index contributed by atoms with van der Waals surface area (Å²) in [5, 5.41) is 2.67. The van der Waals surface area contributed by atoms with Crippen molar-refractivity contribution in [3.8, 4) is 5.75 Å². The van der Waals surface area contributed by atoms with Crippen molar-refractivity contribution in [2.75, 3.05) is 39.6 Å². The predicted octanol–water partition coefficient (Wildman–Crippen LogP) is 1.49. The summed E-state index contributed by atoms with van der Waals surface area (Å²) in [5.74, 6) is -0.600. The van der Waals surface area contributed by atoms with E-state index in [1.807, 2.05) is 13.0 Å². The molecule has 0 aromatic heterocycles. The van der Waals surface area contributed by atoms with Crippen LogP contribution in [-0.4, -0.2) is 62.0 Å². The number of nitrogens with one attached hydrogen (secondary N) is 1. The highest BCUT2D eigenvalue weighted by molar-refractivity contribution is 6.39. The van der Waals surface area contributed by atoms with Crippen LogP contribution in [0.15, 0.2) is 18.2 Å². The molecule has 6 nitrogen and oxygen atoms in total. The number of likely N-dealkylation sites (tertiary alicyclic amines) is 1. The highest BCUT2D eigenvalue weighted by Gasteiger charge is 2.28. The maximum Gasteiger partial charge on any atom is 0.314 e. The summed E-state index contributed by atoms with van der Waals surface area (Å²) in [6, 6.07) is 5.57. The van der Waals surface area contributed by atoms with Gasteiger partial charge in [-0.15, -0.1) is 0 Å². The molecular formula is C17H25N3O3. The minimum atomic E-state index is -0.629. The standard InChI is InChI=1S/C17H25N3O3/c1-12-5-6-15(23-4)14(11-12)18-16(21)17(22)20(3)13-7-9-19(2)10-8-13/h5-6,11,13H,7-10H2,1-4H3,(H,18,21). The third-order valence-corrected chi connectivity index (χ3v) is 4.35. The van der Waals surface area contributed by atoms with Crippen molar-refractivity contribution in [2.24, 2.45) is 0 Å². The normalized spacial score (nSPS) is 16.0. The summed E-state index contributed by atoms with van der Waals surface area (Å²) in [7, 11) is 5.30. The van der Waals surface area contributed by atoms with Gasteiger partial charge in [0.25, 0.3) is 0 Å². The molecule has 1 aliphatic rings. The fraction of sp³-hybridized carbons (Fsp3) is 0.529. The molecule has 1 heterocycles. The number of methoxy groups -OCH3 is 1. The number of hydrogen-bond acceptors (Lipinski definition) is 4. The van der Waals surface area contributed by atoms with Crippen LogP contribution in [0.1, 0.15) is 18.4 Å². The van der Waals surface area contributed by atoms with E-state index in [4.69, 9.17) is 4.74 Å². The Bertz CT molecular complexity index is 580. The average Bonchev–Trinajstić information content (AvgIpc) is 2.54. The van der Waals surface area contributed by atoms with E-state index in [0.717, 1.165) is 31.5 Å². The molecule has 6 heteroatoms. The summed E-state index contributed by atoms with van der Waals surface area (Å²) in [4.78, 5) is 28.4. The van der Waals surface area contributed by atoms with Gasteiger partial charge in [0.15, 0.2) is 0 Å². The second-order valence-corrected chi connectivity index (χ2v) is 6.11. The van der Waals surface area contributed by atoms with Crippen LogP contribution in [0, 0.1) is 6.92 Å². The second-order valence-electron chi connectivity index (χ2n) is 6.11. The summed E-state index contributed by atoms with van der Waals surface area (Å²) < 4.78 is 5.22. The van der Waals surface area contributed by atoms with Crippen LogP contribution in [0.3, 0.4) is 0 Å². The van der Waals surface area contributed by atoms with Gasteiger partial charge in [-0.05, 0) is 57.6 Å². The lowest BCUT2D eigenvalue weighted by Crippen LogP contribution is -2.47. The molecule has 1 aromatic rings. The molecule has 0 aliphatic carbocycles. The van der Waals surface area contributed by atoms with E-state index in [1.54, 1.807) is 24.1 Å². The van der Waals surface area contributed by atoms with Crippen molar-refractivity contribution in [1.82, 2.24) is 9.80 Å². The van der Waals surface area contributed by atoms with Crippen molar-refractivity contribution in [3.05, 3.63) is 23.8 Å². The first kappa shape index (κ1) is 17.3. The van der Waals surface area contributed by atoms with Gasteiger partial charge in [0, 0.05) is 13.1 Å². The number of amides is 2. The van der Waals surface area contributed by atoms with Crippen LogP contribution >= 0.6 is 0 Å². The third kappa shape index (κ3) is 4.22. The van der Waals surface area contributed by atoms with E-state index in [0.29, 0.717) is 11.4 Å². The SMILES string of the molecule is COc1ccc(C)cc1NC(=O)C(=O)N(C)C1CCN(C)CC1. The van der Waals surface area contributed by atoms with E-state index in [1.165, 1.54) is 7.11 Å². The Kier molecular flexibility index (Phi) is 5.60. The number of anilines is 1. The van der Waals surface area contributed by atoms with Crippen molar-refractivity contribution in [1.29, 1.82) is 0 Å². The van der Waals surface area contributed by atoms with E-state index in [-0.39, 0.29) is 6.04 Å². The van der Waals surface area contributed by atoms with Crippen LogP contribution in [0.4, 0.5) is 5.69 Å². The maximum absolute atomic E-state index is 12.4. The quantitative estimate of drug-likeness (QED) is 0.858. The minimum absolute atomic E-state index is 0.115. The molecule has 1 aromatic carbocycles. The van der Waals surface area contributed by atoms with Gasteiger partial charge in [-0.3, -0.25) is 9.59 Å².